The first-order valence-corrected chi connectivity index (χ1v) is 12.0. The summed E-state index contributed by atoms with van der Waals surface area (Å²) in [6.45, 7) is 4.63. The Morgan fingerprint density at radius 1 is 1.16 bits per heavy atom. The van der Waals surface area contributed by atoms with Crippen LogP contribution < -0.4 is 15.8 Å². The maximum Gasteiger partial charge on any atom is 0.433 e. The molecule has 0 atom stereocenters. The fourth-order valence-corrected chi connectivity index (χ4v) is 4.50. The molecule has 1 aliphatic rings. The molecule has 2 amide bonds. The molecule has 1 saturated carbocycles. The molecule has 12 heteroatoms. The van der Waals surface area contributed by atoms with Gasteiger partial charge in [0, 0.05) is 24.0 Å². The van der Waals surface area contributed by atoms with Crippen molar-refractivity contribution in [2.45, 2.75) is 51.4 Å². The molecule has 0 spiro atoms. The minimum absolute atomic E-state index is 0.0162. The zero-order chi connectivity index (χ0) is 27.0. The molecule has 4 rings (SSSR count). The van der Waals surface area contributed by atoms with E-state index in [9.17, 15) is 22.8 Å². The van der Waals surface area contributed by atoms with E-state index >= 15 is 0 Å². The van der Waals surface area contributed by atoms with Crippen LogP contribution in [0, 0.1) is 0 Å². The average Bonchev–Trinajstić information content (AvgIpc) is 3.29. The summed E-state index contributed by atoms with van der Waals surface area (Å²) >= 11 is 0. The number of benzene rings is 1. The summed E-state index contributed by atoms with van der Waals surface area (Å²) in [5.74, 6) is -0.553. The van der Waals surface area contributed by atoms with Gasteiger partial charge in [-0.3, -0.25) is 9.59 Å². The van der Waals surface area contributed by atoms with Crippen LogP contribution in [-0.2, 0) is 17.5 Å². The number of halogens is 3. The molecule has 0 bridgehead atoms. The zero-order valence-electron chi connectivity index (χ0n) is 20.7. The Morgan fingerprint density at radius 3 is 2.41 bits per heavy atom. The molecule has 0 aliphatic heterocycles. The minimum Gasteiger partial charge on any atom is -0.494 e. The van der Waals surface area contributed by atoms with E-state index in [0.29, 0.717) is 31.5 Å². The van der Waals surface area contributed by atoms with Crippen molar-refractivity contribution in [2.24, 2.45) is 5.73 Å². The monoisotopic (exact) mass is 519 g/mol. The summed E-state index contributed by atoms with van der Waals surface area (Å²) in [5, 5.41) is 3.14. The molecule has 1 fully saturated rings. The van der Waals surface area contributed by atoms with Gasteiger partial charge in [-0.25, -0.2) is 9.97 Å². The van der Waals surface area contributed by atoms with Gasteiger partial charge in [-0.1, -0.05) is 0 Å². The van der Waals surface area contributed by atoms with E-state index < -0.39 is 23.3 Å². The SMILES string of the molecule is CCN(CC)C(=O)C1(NC(=O)c2nc(-c3ccc(OC)c4nc(C(F)(F)F)ccc34)oc2CN)CCC1. The number of nitrogens with two attached hydrogens (primary N) is 1. The smallest absolute Gasteiger partial charge is 0.433 e. The van der Waals surface area contributed by atoms with Crippen LogP contribution in [0.3, 0.4) is 0 Å². The fourth-order valence-electron chi connectivity index (χ4n) is 4.50. The van der Waals surface area contributed by atoms with Crippen LogP contribution in [0.25, 0.3) is 22.4 Å². The summed E-state index contributed by atoms with van der Waals surface area (Å²) in [6, 6.07) is 5.11. The van der Waals surface area contributed by atoms with Gasteiger partial charge in [0.1, 0.15) is 22.5 Å². The van der Waals surface area contributed by atoms with Crippen molar-refractivity contribution in [3.63, 3.8) is 0 Å². The third-order valence-corrected chi connectivity index (χ3v) is 6.68. The van der Waals surface area contributed by atoms with Gasteiger partial charge in [0.15, 0.2) is 11.5 Å². The number of hydrogen-bond acceptors (Lipinski definition) is 7. The summed E-state index contributed by atoms with van der Waals surface area (Å²) < 4.78 is 50.8. The van der Waals surface area contributed by atoms with E-state index in [2.05, 4.69) is 15.3 Å². The van der Waals surface area contributed by atoms with Gasteiger partial charge in [-0.15, -0.1) is 0 Å². The maximum absolute atomic E-state index is 13.3. The van der Waals surface area contributed by atoms with Crippen molar-refractivity contribution in [3.05, 3.63) is 41.4 Å². The van der Waals surface area contributed by atoms with Crippen molar-refractivity contribution in [1.29, 1.82) is 0 Å². The zero-order valence-corrected chi connectivity index (χ0v) is 20.7. The number of carbonyl (C=O) groups excluding carboxylic acids is 2. The number of nitrogens with zero attached hydrogens (tertiary/aromatic N) is 3. The molecule has 3 N–H and O–H groups in total. The van der Waals surface area contributed by atoms with Gasteiger partial charge >= 0.3 is 6.18 Å². The van der Waals surface area contributed by atoms with Gasteiger partial charge in [0.2, 0.25) is 11.8 Å². The lowest BCUT2D eigenvalue weighted by Crippen LogP contribution is -2.63. The molecule has 0 saturated heterocycles. The van der Waals surface area contributed by atoms with Crippen molar-refractivity contribution < 1.29 is 31.9 Å². The molecule has 3 aromatic rings. The summed E-state index contributed by atoms with van der Waals surface area (Å²) in [5.41, 5.74) is 3.92. The standard InChI is InChI=1S/C25H28F3N5O4/c1-4-33(5-2)23(35)24(11-6-12-24)32-21(34)20-17(13-29)37-22(31-20)15-7-9-16(36-3)19-14(15)8-10-18(30-19)25(26,27)28/h7-10H,4-6,11-13,29H2,1-3H3,(H,32,34). The van der Waals surface area contributed by atoms with Crippen molar-refractivity contribution >= 4 is 22.7 Å². The number of amides is 2. The number of fused-ring (bicyclic) bond motifs is 1. The molecule has 9 nitrogen and oxygen atoms in total. The number of hydrogen-bond donors (Lipinski definition) is 2. The van der Waals surface area contributed by atoms with E-state index in [1.165, 1.54) is 19.2 Å². The number of pyridine rings is 1. The second-order valence-corrected chi connectivity index (χ2v) is 8.77. The van der Waals surface area contributed by atoms with Crippen LogP contribution in [0.2, 0.25) is 0 Å². The molecular formula is C25H28F3N5O4. The van der Waals surface area contributed by atoms with Crippen LogP contribution >= 0.6 is 0 Å². The highest BCUT2D eigenvalue weighted by atomic mass is 19.4. The highest BCUT2D eigenvalue weighted by Crippen LogP contribution is 2.38. The Bertz CT molecular complexity index is 1330. The first kappa shape index (κ1) is 26.4. The first-order valence-electron chi connectivity index (χ1n) is 12.0. The van der Waals surface area contributed by atoms with Crippen LogP contribution in [0.4, 0.5) is 13.2 Å². The molecule has 0 radical (unpaired) electrons. The molecule has 198 valence electrons. The molecule has 37 heavy (non-hydrogen) atoms. The number of carbonyl (C=O) groups is 2. The molecule has 2 heterocycles. The van der Waals surface area contributed by atoms with E-state index in [1.807, 2.05) is 13.8 Å². The van der Waals surface area contributed by atoms with Crippen LogP contribution in [0.15, 0.2) is 28.7 Å². The number of likely N-dealkylation sites (N-methyl/N-ethyl adjacent to an activating group) is 1. The normalized spacial score (nSPS) is 14.8. The Morgan fingerprint density at radius 2 is 1.86 bits per heavy atom. The van der Waals surface area contributed by atoms with Crippen LogP contribution in [-0.4, -0.2) is 52.4 Å². The Balaban J connectivity index is 1.73. The molecule has 1 aliphatic carbocycles. The Labute approximate surface area is 211 Å². The second kappa shape index (κ2) is 10.0. The van der Waals surface area contributed by atoms with Gasteiger partial charge in [0.25, 0.3) is 5.91 Å². The third kappa shape index (κ3) is 4.73. The maximum atomic E-state index is 13.3. The van der Waals surface area contributed by atoms with Crippen LogP contribution in [0.1, 0.15) is 55.1 Å². The minimum atomic E-state index is -4.64. The predicted octanol–water partition coefficient (Wildman–Crippen LogP) is 3.90. The lowest BCUT2D eigenvalue weighted by atomic mass is 9.75. The van der Waals surface area contributed by atoms with Gasteiger partial charge in [-0.05, 0) is 57.4 Å². The Kier molecular flexibility index (Phi) is 7.13. The second-order valence-electron chi connectivity index (χ2n) is 8.77. The van der Waals surface area contributed by atoms with E-state index in [1.54, 1.807) is 11.0 Å². The van der Waals surface area contributed by atoms with Gasteiger partial charge < -0.3 is 25.1 Å². The fraction of sp³-hybridized carbons (Fsp3) is 0.440. The number of rotatable bonds is 8. The number of ether oxygens (including phenoxy) is 1. The highest BCUT2D eigenvalue weighted by Gasteiger charge is 2.47. The number of oxazole rings is 1. The summed E-state index contributed by atoms with van der Waals surface area (Å²) in [7, 11) is 1.33. The van der Waals surface area contributed by atoms with Crippen molar-refractivity contribution in [2.75, 3.05) is 20.2 Å². The first-order chi connectivity index (χ1) is 17.6. The van der Waals surface area contributed by atoms with E-state index in [-0.39, 0.29) is 46.4 Å². The van der Waals surface area contributed by atoms with Crippen molar-refractivity contribution in [3.8, 4) is 17.2 Å². The van der Waals surface area contributed by atoms with Crippen LogP contribution in [0.5, 0.6) is 5.75 Å². The lowest BCUT2D eigenvalue weighted by molar-refractivity contribution is -0.141. The molecule has 2 aromatic heterocycles. The third-order valence-electron chi connectivity index (χ3n) is 6.68. The summed E-state index contributed by atoms with van der Waals surface area (Å²) in [4.78, 5) is 36.1. The van der Waals surface area contributed by atoms with Gasteiger partial charge in [0.05, 0.1) is 13.7 Å². The number of alkyl halides is 3. The molecule has 1 aromatic carbocycles. The number of methoxy groups -OCH3 is 1. The topological polar surface area (TPSA) is 124 Å². The largest absolute Gasteiger partial charge is 0.494 e. The van der Waals surface area contributed by atoms with Crippen molar-refractivity contribution in [1.82, 2.24) is 20.2 Å². The number of aromatic nitrogens is 2. The Hall–Kier alpha value is -3.67. The predicted molar refractivity (Wildman–Crippen MR) is 129 cm³/mol. The number of nitrogens with one attached hydrogen (secondary N) is 1. The quantitative estimate of drug-likeness (QED) is 0.463. The van der Waals surface area contributed by atoms with E-state index in [0.717, 1.165) is 12.5 Å². The molecule has 0 unspecified atom stereocenters. The lowest BCUT2D eigenvalue weighted by Gasteiger charge is -2.43. The van der Waals surface area contributed by atoms with E-state index in [4.69, 9.17) is 14.9 Å². The average molecular weight is 520 g/mol. The summed E-state index contributed by atoms with van der Waals surface area (Å²) in [6.07, 6.45) is -2.83. The highest BCUT2D eigenvalue weighted by molar-refractivity contribution is 6.00. The molecular weight excluding hydrogens is 491 g/mol. The van der Waals surface area contributed by atoms with Gasteiger partial charge in [-0.2, -0.15) is 13.2 Å².